The summed E-state index contributed by atoms with van der Waals surface area (Å²) in [5.41, 5.74) is 0.617. The van der Waals surface area contributed by atoms with Gasteiger partial charge >= 0.3 is 12.0 Å². The molecule has 130 valence electrons. The number of aromatic nitrogens is 2. The molecule has 0 atom stereocenters. The van der Waals surface area contributed by atoms with Crippen molar-refractivity contribution in [2.75, 3.05) is 17.2 Å². The summed E-state index contributed by atoms with van der Waals surface area (Å²) in [7, 11) is 0. The van der Waals surface area contributed by atoms with Gasteiger partial charge in [0.2, 0.25) is 0 Å². The maximum Gasteiger partial charge on any atom is 0.327 e. The van der Waals surface area contributed by atoms with Crippen LogP contribution in [0.3, 0.4) is 0 Å². The second-order valence-electron chi connectivity index (χ2n) is 5.20. The van der Waals surface area contributed by atoms with Crippen LogP contribution in [0.4, 0.5) is 16.5 Å². The molecule has 2 amide bonds. The Kier molecular flexibility index (Phi) is 5.30. The van der Waals surface area contributed by atoms with Gasteiger partial charge in [-0.2, -0.15) is 0 Å². The van der Waals surface area contributed by atoms with Gasteiger partial charge < -0.3 is 18.9 Å². The molecule has 2 aromatic heterocycles. The van der Waals surface area contributed by atoms with E-state index in [0.717, 1.165) is 18.6 Å². The van der Waals surface area contributed by atoms with Crippen molar-refractivity contribution in [3.05, 3.63) is 42.7 Å². The lowest BCUT2D eigenvalue weighted by Crippen LogP contribution is -2.19. The first kappa shape index (κ1) is 16.6. The molecule has 25 heavy (non-hydrogen) atoms. The minimum Gasteiger partial charge on any atom is -0.494 e. The zero-order chi connectivity index (χ0) is 17.5. The Morgan fingerprint density at radius 2 is 2.00 bits per heavy atom. The Morgan fingerprint density at radius 1 is 1.16 bits per heavy atom. The van der Waals surface area contributed by atoms with Gasteiger partial charge in [0.25, 0.3) is 5.89 Å². The second-order valence-corrected chi connectivity index (χ2v) is 5.20. The molecule has 8 heteroatoms. The maximum atomic E-state index is 12.0. The molecule has 0 unspecified atom stereocenters. The predicted octanol–water partition coefficient (Wildman–Crippen LogP) is 4.15. The lowest BCUT2D eigenvalue weighted by molar-refractivity contribution is 0.261. The van der Waals surface area contributed by atoms with Gasteiger partial charge in [0, 0.05) is 5.69 Å². The zero-order valence-corrected chi connectivity index (χ0v) is 13.7. The maximum absolute atomic E-state index is 12.0. The number of hydrogen-bond acceptors (Lipinski definition) is 6. The van der Waals surface area contributed by atoms with E-state index in [0.29, 0.717) is 18.1 Å². The van der Waals surface area contributed by atoms with Crippen LogP contribution < -0.4 is 15.4 Å². The fourth-order valence-corrected chi connectivity index (χ4v) is 2.00. The number of anilines is 2. The minimum atomic E-state index is -0.491. The standard InChI is InChI=1S/C17H18N4O4/c1-2-3-10-23-13-8-6-12(7-9-13)18-16(22)19-17-21-20-15(25-17)14-5-4-11-24-14/h4-9,11H,2-3,10H2,1H3,(H2,18,19,21,22). The van der Waals surface area contributed by atoms with Crippen molar-refractivity contribution in [3.8, 4) is 17.4 Å². The summed E-state index contributed by atoms with van der Waals surface area (Å²) in [6, 6.07) is 9.97. The van der Waals surface area contributed by atoms with E-state index in [1.54, 1.807) is 36.4 Å². The van der Waals surface area contributed by atoms with E-state index in [-0.39, 0.29) is 11.9 Å². The highest BCUT2D eigenvalue weighted by atomic mass is 16.5. The van der Waals surface area contributed by atoms with Gasteiger partial charge in [0.1, 0.15) is 5.75 Å². The van der Waals surface area contributed by atoms with Gasteiger partial charge in [-0.15, -0.1) is 5.10 Å². The summed E-state index contributed by atoms with van der Waals surface area (Å²) in [6.07, 6.45) is 3.58. The summed E-state index contributed by atoms with van der Waals surface area (Å²) < 4.78 is 16.0. The van der Waals surface area contributed by atoms with E-state index in [4.69, 9.17) is 13.6 Å². The Balaban J connectivity index is 1.52. The quantitative estimate of drug-likeness (QED) is 0.625. The fraction of sp³-hybridized carbons (Fsp3) is 0.235. The van der Waals surface area contributed by atoms with Crippen LogP contribution in [0, 0.1) is 0 Å². The van der Waals surface area contributed by atoms with Gasteiger partial charge in [0.15, 0.2) is 5.76 Å². The molecular weight excluding hydrogens is 324 g/mol. The summed E-state index contributed by atoms with van der Waals surface area (Å²) in [5.74, 6) is 1.38. The van der Waals surface area contributed by atoms with Crippen LogP contribution in [0.15, 0.2) is 51.5 Å². The van der Waals surface area contributed by atoms with E-state index in [1.165, 1.54) is 6.26 Å². The molecule has 2 heterocycles. The molecule has 8 nitrogen and oxygen atoms in total. The molecule has 0 bridgehead atoms. The van der Waals surface area contributed by atoms with Crippen LogP contribution >= 0.6 is 0 Å². The number of rotatable bonds is 7. The van der Waals surface area contributed by atoms with Crippen molar-refractivity contribution in [3.63, 3.8) is 0 Å². The predicted molar refractivity (Wildman–Crippen MR) is 91.5 cm³/mol. The summed E-state index contributed by atoms with van der Waals surface area (Å²) in [6.45, 7) is 2.79. The third-order valence-electron chi connectivity index (χ3n) is 3.26. The first-order chi connectivity index (χ1) is 12.2. The highest BCUT2D eigenvalue weighted by Gasteiger charge is 2.13. The van der Waals surface area contributed by atoms with Gasteiger partial charge in [-0.05, 0) is 42.8 Å². The molecule has 0 radical (unpaired) electrons. The lowest BCUT2D eigenvalue weighted by atomic mass is 10.3. The molecule has 2 N–H and O–H groups in total. The van der Waals surface area contributed by atoms with Crippen molar-refractivity contribution in [1.82, 2.24) is 10.2 Å². The third-order valence-corrected chi connectivity index (χ3v) is 3.26. The third kappa shape index (κ3) is 4.60. The van der Waals surface area contributed by atoms with Crippen LogP contribution in [-0.4, -0.2) is 22.8 Å². The first-order valence-corrected chi connectivity index (χ1v) is 7.93. The Hall–Kier alpha value is -3.29. The van der Waals surface area contributed by atoms with Gasteiger partial charge in [0.05, 0.1) is 12.9 Å². The van der Waals surface area contributed by atoms with E-state index < -0.39 is 6.03 Å². The monoisotopic (exact) mass is 342 g/mol. The number of nitrogens with zero attached hydrogens (tertiary/aromatic N) is 2. The molecule has 0 saturated heterocycles. The molecule has 0 spiro atoms. The topological polar surface area (TPSA) is 102 Å². The lowest BCUT2D eigenvalue weighted by Gasteiger charge is -2.07. The highest BCUT2D eigenvalue weighted by molar-refractivity contribution is 5.98. The number of nitrogens with one attached hydrogen (secondary N) is 2. The average molecular weight is 342 g/mol. The van der Waals surface area contributed by atoms with Crippen molar-refractivity contribution in [2.45, 2.75) is 19.8 Å². The number of urea groups is 1. The number of carbonyl (C=O) groups excluding carboxylic acids is 1. The highest BCUT2D eigenvalue weighted by Crippen LogP contribution is 2.20. The van der Waals surface area contributed by atoms with E-state index >= 15 is 0 Å². The average Bonchev–Trinajstić information content (AvgIpc) is 3.28. The van der Waals surface area contributed by atoms with Crippen LogP contribution in [0.25, 0.3) is 11.7 Å². The Morgan fingerprint density at radius 3 is 2.72 bits per heavy atom. The first-order valence-electron chi connectivity index (χ1n) is 7.93. The second kappa shape index (κ2) is 8.00. The SMILES string of the molecule is CCCCOc1ccc(NC(=O)Nc2nnc(-c3ccco3)o2)cc1. The molecule has 0 aliphatic heterocycles. The molecule has 1 aromatic carbocycles. The van der Waals surface area contributed by atoms with Crippen LogP contribution in [0.5, 0.6) is 5.75 Å². The zero-order valence-electron chi connectivity index (χ0n) is 13.7. The number of amides is 2. The number of furan rings is 1. The van der Waals surface area contributed by atoms with E-state index in [9.17, 15) is 4.79 Å². The van der Waals surface area contributed by atoms with Crippen molar-refractivity contribution >= 4 is 17.7 Å². The number of carbonyl (C=O) groups is 1. The fourth-order valence-electron chi connectivity index (χ4n) is 2.00. The minimum absolute atomic E-state index is 0.0246. The smallest absolute Gasteiger partial charge is 0.327 e. The van der Waals surface area contributed by atoms with Crippen molar-refractivity contribution in [1.29, 1.82) is 0 Å². The summed E-state index contributed by atoms with van der Waals surface area (Å²) >= 11 is 0. The molecular formula is C17H18N4O4. The number of benzene rings is 1. The molecule has 0 aliphatic rings. The Labute approximate surface area is 144 Å². The molecule has 0 fully saturated rings. The van der Waals surface area contributed by atoms with Gasteiger partial charge in [-0.1, -0.05) is 18.4 Å². The number of hydrogen-bond donors (Lipinski definition) is 2. The van der Waals surface area contributed by atoms with Crippen molar-refractivity contribution < 1.29 is 18.4 Å². The number of unbranched alkanes of at least 4 members (excludes halogenated alkanes) is 1. The van der Waals surface area contributed by atoms with Crippen LogP contribution in [-0.2, 0) is 0 Å². The molecule has 0 saturated carbocycles. The normalized spacial score (nSPS) is 10.4. The van der Waals surface area contributed by atoms with Crippen molar-refractivity contribution in [2.24, 2.45) is 0 Å². The van der Waals surface area contributed by atoms with E-state index in [1.807, 2.05) is 0 Å². The Bertz CT molecular complexity index is 796. The molecule has 3 rings (SSSR count). The van der Waals surface area contributed by atoms with Crippen LogP contribution in [0.2, 0.25) is 0 Å². The number of ether oxygens (including phenoxy) is 1. The summed E-state index contributed by atoms with van der Waals surface area (Å²) in [5, 5.41) is 12.7. The van der Waals surface area contributed by atoms with Gasteiger partial charge in [-0.3, -0.25) is 5.32 Å². The summed E-state index contributed by atoms with van der Waals surface area (Å²) in [4.78, 5) is 12.0. The van der Waals surface area contributed by atoms with Gasteiger partial charge in [-0.25, -0.2) is 4.79 Å². The molecule has 0 aliphatic carbocycles. The largest absolute Gasteiger partial charge is 0.494 e. The van der Waals surface area contributed by atoms with Crippen LogP contribution in [0.1, 0.15) is 19.8 Å². The molecule has 3 aromatic rings. The van der Waals surface area contributed by atoms with E-state index in [2.05, 4.69) is 27.8 Å².